The highest BCUT2D eigenvalue weighted by Crippen LogP contribution is 2.33. The maximum atomic E-state index is 13.4. The smallest absolute Gasteiger partial charge is 0.251 e. The van der Waals surface area contributed by atoms with E-state index in [0.717, 1.165) is 47.1 Å². The molecule has 0 unspecified atom stereocenters. The summed E-state index contributed by atoms with van der Waals surface area (Å²) in [6.07, 6.45) is 5.75. The fourth-order valence-electron chi connectivity index (χ4n) is 5.05. The number of aromatic nitrogens is 1. The van der Waals surface area contributed by atoms with Crippen LogP contribution in [0.1, 0.15) is 24.0 Å². The molecule has 2 aliphatic rings. The number of pyridine rings is 1. The molecule has 1 aromatic heterocycles. The summed E-state index contributed by atoms with van der Waals surface area (Å²) in [7, 11) is 3.26. The number of ether oxygens (including phenoxy) is 2. The molecule has 8 nitrogen and oxygen atoms in total. The number of amides is 2. The molecule has 1 N–H and O–H groups in total. The molecule has 0 fully saturated rings. The highest BCUT2D eigenvalue weighted by Gasteiger charge is 2.27. The van der Waals surface area contributed by atoms with Crippen molar-refractivity contribution in [3.63, 3.8) is 0 Å². The van der Waals surface area contributed by atoms with Gasteiger partial charge in [-0.05, 0) is 60.4 Å². The third-order valence-corrected chi connectivity index (χ3v) is 7.05. The minimum absolute atomic E-state index is 0.0392. The molecule has 8 heteroatoms. The second kappa shape index (κ2) is 11.0. The predicted molar refractivity (Wildman–Crippen MR) is 143 cm³/mol. The van der Waals surface area contributed by atoms with Gasteiger partial charge in [0.25, 0.3) is 5.91 Å². The minimum Gasteiger partial charge on any atom is -0.493 e. The van der Waals surface area contributed by atoms with E-state index in [4.69, 9.17) is 9.47 Å². The number of nitrogens with zero attached hydrogens (tertiary/aromatic N) is 3. The Morgan fingerprint density at radius 3 is 2.62 bits per heavy atom. The summed E-state index contributed by atoms with van der Waals surface area (Å²) in [5.74, 6) is 1.42. The third-order valence-electron chi connectivity index (χ3n) is 7.05. The lowest BCUT2D eigenvalue weighted by Gasteiger charge is -2.33. The van der Waals surface area contributed by atoms with Gasteiger partial charge in [0.15, 0.2) is 11.5 Å². The highest BCUT2D eigenvalue weighted by molar-refractivity contribution is 5.95. The van der Waals surface area contributed by atoms with Gasteiger partial charge in [0.1, 0.15) is 0 Å². The van der Waals surface area contributed by atoms with Gasteiger partial charge in [0, 0.05) is 62.0 Å². The van der Waals surface area contributed by atoms with Gasteiger partial charge in [-0.2, -0.15) is 0 Å². The van der Waals surface area contributed by atoms with Crippen LogP contribution in [-0.4, -0.2) is 67.0 Å². The van der Waals surface area contributed by atoms with Crippen molar-refractivity contribution in [1.82, 2.24) is 14.8 Å². The topological polar surface area (TPSA) is 84.0 Å². The zero-order chi connectivity index (χ0) is 25.8. The van der Waals surface area contributed by atoms with E-state index in [0.29, 0.717) is 44.1 Å². The first kappa shape index (κ1) is 24.8. The number of carbonyl (C=O) groups excluding carboxylic acids is 2. The average molecular weight is 501 g/mol. The summed E-state index contributed by atoms with van der Waals surface area (Å²) in [5, 5.41) is 3.97. The molecule has 3 aromatic rings. The zero-order valence-corrected chi connectivity index (χ0v) is 21.3. The number of hydrogen-bond acceptors (Lipinski definition) is 6. The molecule has 2 aliphatic heterocycles. The van der Waals surface area contributed by atoms with Gasteiger partial charge < -0.3 is 19.7 Å². The van der Waals surface area contributed by atoms with E-state index >= 15 is 0 Å². The van der Waals surface area contributed by atoms with Crippen LogP contribution in [0, 0.1) is 0 Å². The first-order valence-corrected chi connectivity index (χ1v) is 12.6. The Hall–Kier alpha value is -3.91. The minimum atomic E-state index is -0.0392. The molecule has 0 aliphatic carbocycles. The maximum absolute atomic E-state index is 13.4. The first-order valence-electron chi connectivity index (χ1n) is 12.6. The van der Waals surface area contributed by atoms with Crippen molar-refractivity contribution < 1.29 is 19.1 Å². The van der Waals surface area contributed by atoms with Crippen LogP contribution in [-0.2, 0) is 22.6 Å². The van der Waals surface area contributed by atoms with E-state index in [9.17, 15) is 9.59 Å². The Kier molecular flexibility index (Phi) is 7.37. The lowest BCUT2D eigenvalue weighted by molar-refractivity contribution is -0.128. The van der Waals surface area contributed by atoms with Gasteiger partial charge in [-0.15, -0.1) is 0 Å². The largest absolute Gasteiger partial charge is 0.493 e. The summed E-state index contributed by atoms with van der Waals surface area (Å²) >= 11 is 0. The van der Waals surface area contributed by atoms with Crippen LogP contribution in [0.5, 0.6) is 11.5 Å². The average Bonchev–Trinajstić information content (AvgIpc) is 2.94. The number of hydrogen-bond donors (Lipinski definition) is 1. The molecule has 2 amide bonds. The fraction of sp³-hybridized carbons (Fsp3) is 0.345. The number of methoxy groups -OCH3 is 2. The van der Waals surface area contributed by atoms with Crippen molar-refractivity contribution in [3.8, 4) is 11.5 Å². The maximum Gasteiger partial charge on any atom is 0.251 e. The van der Waals surface area contributed by atoms with Crippen LogP contribution < -0.4 is 14.8 Å². The zero-order valence-electron chi connectivity index (χ0n) is 21.3. The quantitative estimate of drug-likeness (QED) is 0.531. The Balaban J connectivity index is 1.15. The van der Waals surface area contributed by atoms with Crippen LogP contribution in [0.2, 0.25) is 0 Å². The number of carbonyl (C=O) groups is 2. The van der Waals surface area contributed by atoms with Gasteiger partial charge in [-0.3, -0.25) is 19.5 Å². The van der Waals surface area contributed by atoms with Crippen LogP contribution in [0.3, 0.4) is 0 Å². The second-order valence-electron chi connectivity index (χ2n) is 9.46. The molecule has 5 rings (SSSR count). The summed E-state index contributed by atoms with van der Waals surface area (Å²) in [6.45, 7) is 3.22. The third kappa shape index (κ3) is 5.59. The van der Waals surface area contributed by atoms with E-state index in [2.05, 4.69) is 15.2 Å². The van der Waals surface area contributed by atoms with E-state index in [-0.39, 0.29) is 11.8 Å². The SMILES string of the molecule is COc1cc2c(cc1OC)CN(C(=O)C1=CCCN(CCC(=O)Nc3ccc4ncccc4c3)C1)CC2. The predicted octanol–water partition coefficient (Wildman–Crippen LogP) is 3.80. The van der Waals surface area contributed by atoms with E-state index in [1.165, 1.54) is 5.56 Å². The summed E-state index contributed by atoms with van der Waals surface area (Å²) in [6, 6.07) is 13.6. The molecule has 3 heterocycles. The van der Waals surface area contributed by atoms with Crippen molar-refractivity contribution in [3.05, 3.63) is 71.4 Å². The molecule has 0 saturated carbocycles. The lowest BCUT2D eigenvalue weighted by Crippen LogP contribution is -2.41. The molecule has 0 atom stereocenters. The van der Waals surface area contributed by atoms with Crippen molar-refractivity contribution in [2.75, 3.05) is 45.7 Å². The Bertz CT molecular complexity index is 1350. The van der Waals surface area contributed by atoms with Crippen LogP contribution in [0.15, 0.2) is 60.3 Å². The van der Waals surface area contributed by atoms with Crippen molar-refractivity contribution in [1.29, 1.82) is 0 Å². The fourth-order valence-corrected chi connectivity index (χ4v) is 5.05. The van der Waals surface area contributed by atoms with Gasteiger partial charge in [-0.1, -0.05) is 12.1 Å². The van der Waals surface area contributed by atoms with Gasteiger partial charge in [0.05, 0.1) is 19.7 Å². The molecular formula is C29H32N4O4. The van der Waals surface area contributed by atoms with Crippen LogP contribution >= 0.6 is 0 Å². The Morgan fingerprint density at radius 2 is 1.81 bits per heavy atom. The van der Waals surface area contributed by atoms with Crippen LogP contribution in [0.4, 0.5) is 5.69 Å². The number of anilines is 1. The lowest BCUT2D eigenvalue weighted by atomic mass is 9.97. The Labute approximate surface area is 216 Å². The summed E-state index contributed by atoms with van der Waals surface area (Å²) in [4.78, 5) is 34.4. The molecular weight excluding hydrogens is 468 g/mol. The van der Waals surface area contributed by atoms with E-state index in [1.807, 2.05) is 53.4 Å². The standard InChI is InChI=1S/C29H32N4O4/c1-36-26-16-20-9-14-33(19-23(20)17-27(26)37-2)29(35)22-6-4-12-32(18-22)13-10-28(34)31-24-7-8-25-21(15-24)5-3-11-30-25/h3,5-8,11,15-17H,4,9-10,12-14,18-19H2,1-2H3,(H,31,34). The van der Waals surface area contributed by atoms with Crippen molar-refractivity contribution >= 4 is 28.4 Å². The van der Waals surface area contributed by atoms with E-state index < -0.39 is 0 Å². The number of benzene rings is 2. The summed E-state index contributed by atoms with van der Waals surface area (Å²) in [5.41, 5.74) is 4.74. The van der Waals surface area contributed by atoms with Gasteiger partial charge >= 0.3 is 0 Å². The van der Waals surface area contributed by atoms with Gasteiger partial charge in [0.2, 0.25) is 5.91 Å². The molecule has 37 heavy (non-hydrogen) atoms. The van der Waals surface area contributed by atoms with Gasteiger partial charge in [-0.25, -0.2) is 0 Å². The highest BCUT2D eigenvalue weighted by atomic mass is 16.5. The monoisotopic (exact) mass is 500 g/mol. The number of nitrogens with one attached hydrogen (secondary N) is 1. The van der Waals surface area contributed by atoms with Crippen molar-refractivity contribution in [2.45, 2.75) is 25.8 Å². The molecule has 192 valence electrons. The Morgan fingerprint density at radius 1 is 1.00 bits per heavy atom. The molecule has 2 aromatic carbocycles. The number of rotatable bonds is 7. The normalized spacial score (nSPS) is 15.6. The molecule has 0 saturated heterocycles. The van der Waals surface area contributed by atoms with E-state index in [1.54, 1.807) is 20.4 Å². The first-order chi connectivity index (χ1) is 18.0. The van der Waals surface area contributed by atoms with Crippen molar-refractivity contribution in [2.24, 2.45) is 0 Å². The second-order valence-corrected chi connectivity index (χ2v) is 9.46. The molecule has 0 radical (unpaired) electrons. The van der Waals surface area contributed by atoms with Crippen LogP contribution in [0.25, 0.3) is 10.9 Å². The number of fused-ring (bicyclic) bond motifs is 2. The summed E-state index contributed by atoms with van der Waals surface area (Å²) < 4.78 is 10.9. The molecule has 0 spiro atoms. The molecule has 0 bridgehead atoms.